The first kappa shape index (κ1) is 16.6. The summed E-state index contributed by atoms with van der Waals surface area (Å²) in [4.78, 5) is 11.9. The number of nitrogens with one attached hydrogen (secondary N) is 1. The lowest BCUT2D eigenvalue weighted by molar-refractivity contribution is -0.120. The highest BCUT2D eigenvalue weighted by Gasteiger charge is 2.15. The zero-order valence-corrected chi connectivity index (χ0v) is 11.8. The van der Waals surface area contributed by atoms with Crippen LogP contribution in [-0.2, 0) is 4.79 Å². The monoisotopic (exact) mass is 272 g/mol. The molecule has 0 fully saturated rings. The molecular weight excluding hydrogens is 252 g/mol. The number of halogens is 1. The van der Waals surface area contributed by atoms with Crippen LogP contribution in [-0.4, -0.2) is 13.0 Å². The molecule has 0 aliphatic rings. The fraction of sp³-hybridized carbons (Fsp3) is 0.462. The van der Waals surface area contributed by atoms with Gasteiger partial charge < -0.3 is 15.8 Å². The largest absolute Gasteiger partial charge is 0.497 e. The molecule has 0 bridgehead atoms. The third-order valence-corrected chi connectivity index (χ3v) is 2.87. The summed E-state index contributed by atoms with van der Waals surface area (Å²) in [6, 6.07) is 5.22. The molecule has 0 unspecified atom stereocenters. The van der Waals surface area contributed by atoms with Crippen LogP contribution in [0.5, 0.6) is 5.75 Å². The molecule has 0 saturated carbocycles. The number of rotatable bonds is 5. The lowest BCUT2D eigenvalue weighted by Gasteiger charge is -2.14. The Kier molecular flexibility index (Phi) is 7.20. The highest BCUT2D eigenvalue weighted by molar-refractivity contribution is 5.95. The third kappa shape index (κ3) is 4.11. The van der Waals surface area contributed by atoms with Gasteiger partial charge in [-0.3, -0.25) is 4.79 Å². The Hall–Kier alpha value is -1.42. The number of anilines is 2. The number of methoxy groups -OCH3 is 1. The Morgan fingerprint density at radius 1 is 1.39 bits per heavy atom. The minimum atomic E-state index is 0. The van der Waals surface area contributed by atoms with E-state index < -0.39 is 0 Å². The molecule has 1 aromatic carbocycles. The van der Waals surface area contributed by atoms with Crippen molar-refractivity contribution in [3.8, 4) is 5.75 Å². The van der Waals surface area contributed by atoms with Gasteiger partial charge >= 0.3 is 0 Å². The SMILES string of the molecule is CCC(CC)C(=O)Nc1cc(OC)ccc1N.Cl. The van der Waals surface area contributed by atoms with Crippen LogP contribution in [0.3, 0.4) is 0 Å². The lowest BCUT2D eigenvalue weighted by atomic mass is 10.0. The molecular formula is C13H21ClN2O2. The highest BCUT2D eigenvalue weighted by atomic mass is 35.5. The van der Waals surface area contributed by atoms with E-state index >= 15 is 0 Å². The molecule has 1 aromatic rings. The standard InChI is InChI=1S/C13H20N2O2.ClH/c1-4-9(5-2)13(16)15-12-8-10(17-3)6-7-11(12)14;/h6-9H,4-5,14H2,1-3H3,(H,15,16);1H. The fourth-order valence-electron chi connectivity index (χ4n) is 1.66. The highest BCUT2D eigenvalue weighted by Crippen LogP contribution is 2.25. The van der Waals surface area contributed by atoms with Gasteiger partial charge in [0.15, 0.2) is 0 Å². The number of benzene rings is 1. The van der Waals surface area contributed by atoms with Gasteiger partial charge in [-0.05, 0) is 25.0 Å². The summed E-state index contributed by atoms with van der Waals surface area (Å²) in [5.41, 5.74) is 6.96. The number of carbonyl (C=O) groups excluding carboxylic acids is 1. The number of hydrogen-bond donors (Lipinski definition) is 2. The Bertz CT molecular complexity index is 393. The summed E-state index contributed by atoms with van der Waals surface area (Å²) in [5.74, 6) is 0.717. The maximum atomic E-state index is 11.9. The molecule has 3 N–H and O–H groups in total. The van der Waals surface area contributed by atoms with Crippen molar-refractivity contribution in [3.05, 3.63) is 18.2 Å². The second kappa shape index (κ2) is 7.82. The van der Waals surface area contributed by atoms with Crippen LogP contribution < -0.4 is 15.8 Å². The summed E-state index contributed by atoms with van der Waals surface area (Å²) in [7, 11) is 1.58. The van der Waals surface area contributed by atoms with E-state index in [4.69, 9.17) is 10.5 Å². The molecule has 0 aromatic heterocycles. The molecule has 0 atom stereocenters. The molecule has 1 rings (SSSR count). The van der Waals surface area contributed by atoms with Gasteiger partial charge in [-0.2, -0.15) is 0 Å². The van der Waals surface area contributed by atoms with Crippen LogP contribution in [0.25, 0.3) is 0 Å². The van der Waals surface area contributed by atoms with Crippen molar-refractivity contribution in [3.63, 3.8) is 0 Å². The average Bonchev–Trinajstić information content (AvgIpc) is 2.33. The van der Waals surface area contributed by atoms with Crippen LogP contribution in [0.15, 0.2) is 18.2 Å². The predicted octanol–water partition coefficient (Wildman–Crippen LogP) is 3.07. The topological polar surface area (TPSA) is 64.3 Å². The summed E-state index contributed by atoms with van der Waals surface area (Å²) in [6.45, 7) is 4.01. The number of ether oxygens (including phenoxy) is 1. The Balaban J connectivity index is 0.00000289. The first-order chi connectivity index (χ1) is 8.12. The molecule has 0 spiro atoms. The van der Waals surface area contributed by atoms with Gasteiger partial charge in [-0.15, -0.1) is 12.4 Å². The van der Waals surface area contributed by atoms with Crippen molar-refractivity contribution in [1.29, 1.82) is 0 Å². The fourth-order valence-corrected chi connectivity index (χ4v) is 1.66. The van der Waals surface area contributed by atoms with E-state index in [9.17, 15) is 4.79 Å². The molecule has 0 saturated heterocycles. The minimum Gasteiger partial charge on any atom is -0.497 e. The summed E-state index contributed by atoms with van der Waals surface area (Å²) >= 11 is 0. The van der Waals surface area contributed by atoms with Crippen LogP contribution in [0.1, 0.15) is 26.7 Å². The van der Waals surface area contributed by atoms with E-state index in [2.05, 4.69) is 5.32 Å². The van der Waals surface area contributed by atoms with Crippen molar-refractivity contribution in [1.82, 2.24) is 0 Å². The molecule has 0 aliphatic heterocycles. The predicted molar refractivity (Wildman–Crippen MR) is 77.4 cm³/mol. The van der Waals surface area contributed by atoms with E-state index in [1.54, 1.807) is 25.3 Å². The van der Waals surface area contributed by atoms with E-state index in [-0.39, 0.29) is 24.2 Å². The van der Waals surface area contributed by atoms with Gasteiger partial charge in [-0.25, -0.2) is 0 Å². The van der Waals surface area contributed by atoms with E-state index in [0.717, 1.165) is 12.8 Å². The van der Waals surface area contributed by atoms with Crippen molar-refractivity contribution in [2.24, 2.45) is 5.92 Å². The summed E-state index contributed by atoms with van der Waals surface area (Å²) in [6.07, 6.45) is 1.65. The number of amides is 1. The van der Waals surface area contributed by atoms with E-state index in [1.807, 2.05) is 13.8 Å². The second-order valence-electron chi connectivity index (χ2n) is 3.96. The second-order valence-corrected chi connectivity index (χ2v) is 3.96. The van der Waals surface area contributed by atoms with E-state index in [1.165, 1.54) is 0 Å². The third-order valence-electron chi connectivity index (χ3n) is 2.87. The zero-order valence-electron chi connectivity index (χ0n) is 11.0. The van der Waals surface area contributed by atoms with E-state index in [0.29, 0.717) is 17.1 Å². The Morgan fingerprint density at radius 3 is 2.50 bits per heavy atom. The van der Waals surface area contributed by atoms with Gasteiger partial charge in [0.1, 0.15) is 5.75 Å². The average molecular weight is 273 g/mol. The maximum absolute atomic E-state index is 11.9. The number of nitrogens with two attached hydrogens (primary N) is 1. The first-order valence-corrected chi connectivity index (χ1v) is 5.86. The zero-order chi connectivity index (χ0) is 12.8. The Morgan fingerprint density at radius 2 is 2.00 bits per heavy atom. The molecule has 18 heavy (non-hydrogen) atoms. The van der Waals surface area contributed by atoms with Gasteiger partial charge in [0.2, 0.25) is 5.91 Å². The van der Waals surface area contributed by atoms with Crippen LogP contribution >= 0.6 is 12.4 Å². The summed E-state index contributed by atoms with van der Waals surface area (Å²) < 4.78 is 5.10. The molecule has 1 amide bonds. The van der Waals surface area contributed by atoms with Gasteiger partial charge in [-0.1, -0.05) is 13.8 Å². The number of nitrogen functional groups attached to an aromatic ring is 1. The van der Waals surface area contributed by atoms with Gasteiger partial charge in [0, 0.05) is 12.0 Å². The van der Waals surface area contributed by atoms with Crippen molar-refractivity contribution < 1.29 is 9.53 Å². The van der Waals surface area contributed by atoms with Crippen LogP contribution in [0, 0.1) is 5.92 Å². The van der Waals surface area contributed by atoms with Crippen LogP contribution in [0.4, 0.5) is 11.4 Å². The van der Waals surface area contributed by atoms with Crippen molar-refractivity contribution in [2.75, 3.05) is 18.2 Å². The van der Waals surface area contributed by atoms with Gasteiger partial charge in [0.25, 0.3) is 0 Å². The Labute approximate surface area is 114 Å². The number of hydrogen-bond acceptors (Lipinski definition) is 3. The smallest absolute Gasteiger partial charge is 0.227 e. The number of carbonyl (C=O) groups is 1. The molecule has 0 aliphatic carbocycles. The van der Waals surface area contributed by atoms with Crippen molar-refractivity contribution >= 4 is 29.7 Å². The first-order valence-electron chi connectivity index (χ1n) is 5.86. The summed E-state index contributed by atoms with van der Waals surface area (Å²) in [5, 5.41) is 2.84. The molecule has 102 valence electrons. The van der Waals surface area contributed by atoms with Crippen LogP contribution in [0.2, 0.25) is 0 Å². The molecule has 5 heteroatoms. The normalized spacial score (nSPS) is 9.78. The molecule has 0 heterocycles. The molecule has 0 radical (unpaired) electrons. The quantitative estimate of drug-likeness (QED) is 0.810. The minimum absolute atomic E-state index is 0. The lowest BCUT2D eigenvalue weighted by Crippen LogP contribution is -2.22. The van der Waals surface area contributed by atoms with Crippen molar-refractivity contribution in [2.45, 2.75) is 26.7 Å². The molecule has 4 nitrogen and oxygen atoms in total. The van der Waals surface area contributed by atoms with Gasteiger partial charge in [0.05, 0.1) is 18.5 Å². The maximum Gasteiger partial charge on any atom is 0.227 e.